The van der Waals surface area contributed by atoms with E-state index < -0.39 is 0 Å². The van der Waals surface area contributed by atoms with Crippen LogP contribution in [0.1, 0.15) is 37.3 Å². The van der Waals surface area contributed by atoms with Gasteiger partial charge in [0.2, 0.25) is 0 Å². The third-order valence-electron chi connectivity index (χ3n) is 2.42. The minimum absolute atomic E-state index is 0.698. The van der Waals surface area contributed by atoms with E-state index in [1.165, 1.54) is 31.4 Å². The lowest BCUT2D eigenvalue weighted by atomic mass is 10.1. The topological polar surface area (TPSA) is 50.9 Å². The van der Waals surface area contributed by atoms with Gasteiger partial charge in [0.05, 0.1) is 5.69 Å². The fourth-order valence-corrected chi connectivity index (χ4v) is 2.47. The van der Waals surface area contributed by atoms with Gasteiger partial charge in [0.25, 0.3) is 0 Å². The number of nitrogens with two attached hydrogens (primary N) is 1. The molecule has 0 amide bonds. The summed E-state index contributed by atoms with van der Waals surface area (Å²) in [6.45, 7) is 0. The Hall–Kier alpha value is -0.610. The highest BCUT2D eigenvalue weighted by atomic mass is 32.1. The molecule has 1 aliphatic rings. The SMILES string of the molecule is NNc1nc(C2CCCC2)cs1. The second-order valence-electron chi connectivity index (χ2n) is 3.20. The smallest absolute Gasteiger partial charge is 0.197 e. The first kappa shape index (κ1) is 8.01. The number of hydrogen-bond acceptors (Lipinski definition) is 4. The highest BCUT2D eigenvalue weighted by Crippen LogP contribution is 2.35. The number of thiazole rings is 1. The summed E-state index contributed by atoms with van der Waals surface area (Å²) in [4.78, 5) is 4.39. The third kappa shape index (κ3) is 1.44. The van der Waals surface area contributed by atoms with Crippen molar-refractivity contribution in [3.05, 3.63) is 11.1 Å². The first-order valence-electron chi connectivity index (χ1n) is 4.32. The van der Waals surface area contributed by atoms with E-state index in [1.807, 2.05) is 0 Å². The van der Waals surface area contributed by atoms with E-state index in [4.69, 9.17) is 5.84 Å². The summed E-state index contributed by atoms with van der Waals surface area (Å²) < 4.78 is 0. The fourth-order valence-electron chi connectivity index (χ4n) is 1.76. The summed E-state index contributed by atoms with van der Waals surface area (Å²) in [6.07, 6.45) is 5.31. The Bertz CT molecular complexity index is 253. The van der Waals surface area contributed by atoms with Crippen LogP contribution in [0.15, 0.2) is 5.38 Å². The highest BCUT2D eigenvalue weighted by Gasteiger charge is 2.19. The maximum Gasteiger partial charge on any atom is 0.197 e. The van der Waals surface area contributed by atoms with Crippen LogP contribution < -0.4 is 11.3 Å². The van der Waals surface area contributed by atoms with Crippen LogP contribution in [0.2, 0.25) is 0 Å². The van der Waals surface area contributed by atoms with Gasteiger partial charge >= 0.3 is 0 Å². The molecule has 1 fully saturated rings. The van der Waals surface area contributed by atoms with Crippen molar-refractivity contribution in [3.63, 3.8) is 0 Å². The summed E-state index contributed by atoms with van der Waals surface area (Å²) >= 11 is 1.59. The minimum atomic E-state index is 0.698. The predicted molar refractivity (Wildman–Crippen MR) is 51.1 cm³/mol. The van der Waals surface area contributed by atoms with Gasteiger partial charge in [-0.15, -0.1) is 11.3 Å². The van der Waals surface area contributed by atoms with Crippen molar-refractivity contribution >= 4 is 16.5 Å². The molecule has 2 rings (SSSR count). The standard InChI is InChI=1S/C8H13N3S/c9-11-8-10-7(5-12-8)6-3-1-2-4-6/h5-6H,1-4,9H2,(H,10,11). The van der Waals surface area contributed by atoms with Crippen molar-refractivity contribution in [1.29, 1.82) is 0 Å². The van der Waals surface area contributed by atoms with E-state index in [-0.39, 0.29) is 0 Å². The number of aromatic nitrogens is 1. The normalized spacial score (nSPS) is 18.4. The average Bonchev–Trinajstić information content (AvgIpc) is 2.75. The number of hydrazine groups is 1. The molecule has 0 bridgehead atoms. The minimum Gasteiger partial charge on any atom is -0.300 e. The molecule has 1 heterocycles. The predicted octanol–water partition coefficient (Wildman–Crippen LogP) is 2.09. The average molecular weight is 183 g/mol. The molecule has 1 saturated carbocycles. The Morgan fingerprint density at radius 3 is 2.83 bits per heavy atom. The molecule has 3 N–H and O–H groups in total. The quantitative estimate of drug-likeness (QED) is 0.545. The van der Waals surface area contributed by atoms with Crippen molar-refractivity contribution in [2.24, 2.45) is 5.84 Å². The first-order valence-corrected chi connectivity index (χ1v) is 5.20. The third-order valence-corrected chi connectivity index (χ3v) is 3.21. The van der Waals surface area contributed by atoms with Gasteiger partial charge in [-0.05, 0) is 12.8 Å². The molecule has 0 saturated heterocycles. The number of rotatable bonds is 2. The fraction of sp³-hybridized carbons (Fsp3) is 0.625. The molecule has 1 aromatic heterocycles. The summed E-state index contributed by atoms with van der Waals surface area (Å²) in [7, 11) is 0. The van der Waals surface area contributed by atoms with E-state index >= 15 is 0 Å². The zero-order valence-corrected chi connectivity index (χ0v) is 7.73. The monoisotopic (exact) mass is 183 g/mol. The second-order valence-corrected chi connectivity index (χ2v) is 4.06. The molecule has 0 aromatic carbocycles. The van der Waals surface area contributed by atoms with Crippen molar-refractivity contribution < 1.29 is 0 Å². The molecule has 0 spiro atoms. The molecule has 0 atom stereocenters. The van der Waals surface area contributed by atoms with Crippen LogP contribution in [0.3, 0.4) is 0 Å². The number of nitrogens with one attached hydrogen (secondary N) is 1. The van der Waals surface area contributed by atoms with E-state index in [1.54, 1.807) is 11.3 Å². The van der Waals surface area contributed by atoms with Crippen LogP contribution in [-0.2, 0) is 0 Å². The zero-order valence-electron chi connectivity index (χ0n) is 6.92. The van der Waals surface area contributed by atoms with E-state index in [2.05, 4.69) is 15.8 Å². The maximum atomic E-state index is 5.26. The number of nitrogens with zero attached hydrogens (tertiary/aromatic N) is 1. The second kappa shape index (κ2) is 3.41. The van der Waals surface area contributed by atoms with Gasteiger partial charge in [-0.2, -0.15) is 0 Å². The Balaban J connectivity index is 2.11. The van der Waals surface area contributed by atoms with Gasteiger partial charge in [0.15, 0.2) is 5.13 Å². The Morgan fingerprint density at radius 1 is 1.50 bits per heavy atom. The van der Waals surface area contributed by atoms with E-state index in [0.29, 0.717) is 5.92 Å². The van der Waals surface area contributed by atoms with Crippen LogP contribution in [-0.4, -0.2) is 4.98 Å². The highest BCUT2D eigenvalue weighted by molar-refractivity contribution is 7.13. The van der Waals surface area contributed by atoms with Gasteiger partial charge < -0.3 is 0 Å². The van der Waals surface area contributed by atoms with Crippen LogP contribution in [0.25, 0.3) is 0 Å². The zero-order chi connectivity index (χ0) is 8.39. The Labute approximate surface area is 76.0 Å². The van der Waals surface area contributed by atoms with Crippen LogP contribution in [0, 0.1) is 0 Å². The lowest BCUT2D eigenvalue weighted by Crippen LogP contribution is -2.06. The van der Waals surface area contributed by atoms with E-state index in [0.717, 1.165) is 5.13 Å². The van der Waals surface area contributed by atoms with Crippen LogP contribution in [0.5, 0.6) is 0 Å². The van der Waals surface area contributed by atoms with Crippen molar-refractivity contribution in [1.82, 2.24) is 4.98 Å². The summed E-state index contributed by atoms with van der Waals surface area (Å²) in [5, 5.41) is 2.95. The molecule has 12 heavy (non-hydrogen) atoms. The van der Waals surface area contributed by atoms with Crippen molar-refractivity contribution in [2.75, 3.05) is 5.43 Å². The molecule has 1 aliphatic carbocycles. The molecule has 0 radical (unpaired) electrons. The number of hydrogen-bond donors (Lipinski definition) is 2. The first-order chi connectivity index (χ1) is 5.90. The number of anilines is 1. The van der Waals surface area contributed by atoms with Crippen molar-refractivity contribution in [3.8, 4) is 0 Å². The van der Waals surface area contributed by atoms with Gasteiger partial charge in [-0.3, -0.25) is 5.43 Å². The summed E-state index contributed by atoms with van der Waals surface area (Å²) in [6, 6.07) is 0. The van der Waals surface area contributed by atoms with Gasteiger partial charge in [0.1, 0.15) is 0 Å². The maximum absolute atomic E-state index is 5.26. The molecule has 0 aliphatic heterocycles. The summed E-state index contributed by atoms with van der Waals surface area (Å²) in [5.41, 5.74) is 3.81. The molecule has 3 nitrogen and oxygen atoms in total. The molecular formula is C8H13N3S. The lowest BCUT2D eigenvalue weighted by molar-refractivity contribution is 0.703. The largest absolute Gasteiger partial charge is 0.300 e. The molecule has 66 valence electrons. The molecule has 0 unspecified atom stereocenters. The Kier molecular flexibility index (Phi) is 2.28. The van der Waals surface area contributed by atoms with Crippen LogP contribution >= 0.6 is 11.3 Å². The van der Waals surface area contributed by atoms with Gasteiger partial charge in [-0.1, -0.05) is 12.8 Å². The molecule has 4 heteroatoms. The van der Waals surface area contributed by atoms with Crippen molar-refractivity contribution in [2.45, 2.75) is 31.6 Å². The number of nitrogen functional groups attached to an aromatic ring is 1. The summed E-state index contributed by atoms with van der Waals surface area (Å²) in [5.74, 6) is 5.96. The van der Waals surface area contributed by atoms with Crippen LogP contribution in [0.4, 0.5) is 5.13 Å². The Morgan fingerprint density at radius 2 is 2.25 bits per heavy atom. The molecular weight excluding hydrogens is 170 g/mol. The van der Waals surface area contributed by atoms with Gasteiger partial charge in [-0.25, -0.2) is 10.8 Å². The molecule has 1 aromatic rings. The van der Waals surface area contributed by atoms with E-state index in [9.17, 15) is 0 Å². The van der Waals surface area contributed by atoms with Gasteiger partial charge in [0, 0.05) is 11.3 Å². The lowest BCUT2D eigenvalue weighted by Gasteiger charge is -2.02.